The minimum Gasteiger partial charge on any atom is -0.504 e. The molecule has 1 aromatic carbocycles. The highest BCUT2D eigenvalue weighted by molar-refractivity contribution is 8.03. The van der Waals surface area contributed by atoms with Crippen molar-refractivity contribution in [3.8, 4) is 11.5 Å². The van der Waals surface area contributed by atoms with Crippen LogP contribution in [0.25, 0.3) is 6.08 Å². The molecule has 6 atom stereocenters. The van der Waals surface area contributed by atoms with E-state index in [-0.39, 0.29) is 40.8 Å². The number of β-lactam (4-membered cyclic amide) rings is 1. The molecular formula is C26H31N3O8S. The summed E-state index contributed by atoms with van der Waals surface area (Å²) in [4.78, 5) is 55.5. The summed E-state index contributed by atoms with van der Waals surface area (Å²) in [6.07, 6.45) is 2.14. The number of likely N-dealkylation sites (tertiary alicyclic amines) is 1. The molecule has 38 heavy (non-hydrogen) atoms. The van der Waals surface area contributed by atoms with Gasteiger partial charge in [-0.1, -0.05) is 13.0 Å². The first kappa shape index (κ1) is 27.5. The Balaban J connectivity index is 1.57. The molecule has 11 nitrogen and oxygen atoms in total. The van der Waals surface area contributed by atoms with Crippen LogP contribution in [0.5, 0.6) is 11.5 Å². The van der Waals surface area contributed by atoms with Crippen molar-refractivity contribution < 1.29 is 39.6 Å². The molecule has 0 bridgehead atoms. The fourth-order valence-corrected chi connectivity index (χ4v) is 6.95. The zero-order valence-electron chi connectivity index (χ0n) is 21.4. The summed E-state index contributed by atoms with van der Waals surface area (Å²) in [5, 5.41) is 38.9. The number of benzene rings is 1. The lowest BCUT2D eigenvalue weighted by Gasteiger charge is -2.46. The second-order valence-corrected chi connectivity index (χ2v) is 11.4. The summed E-state index contributed by atoms with van der Waals surface area (Å²) >= 11 is 1.27. The molecule has 2 saturated heterocycles. The number of thioether (sulfide) groups is 1. The number of hydrogen-bond donors (Lipinski definition) is 4. The number of carboxylic acid groups (broad SMARTS) is 1. The summed E-state index contributed by atoms with van der Waals surface area (Å²) in [5.41, 5.74) is 0.383. The van der Waals surface area contributed by atoms with Crippen LogP contribution in [0.2, 0.25) is 0 Å². The van der Waals surface area contributed by atoms with Crippen molar-refractivity contribution in [3.05, 3.63) is 40.4 Å². The Hall–Kier alpha value is -3.51. The molecule has 204 valence electrons. The van der Waals surface area contributed by atoms with Gasteiger partial charge in [-0.2, -0.15) is 0 Å². The van der Waals surface area contributed by atoms with Gasteiger partial charge in [-0.3, -0.25) is 14.4 Å². The third kappa shape index (κ3) is 4.73. The van der Waals surface area contributed by atoms with Crippen LogP contribution in [0.15, 0.2) is 34.9 Å². The van der Waals surface area contributed by atoms with Crippen molar-refractivity contribution in [1.29, 1.82) is 0 Å². The van der Waals surface area contributed by atoms with E-state index in [2.05, 4.69) is 0 Å². The zero-order valence-corrected chi connectivity index (χ0v) is 22.3. The highest BCUT2D eigenvalue weighted by atomic mass is 32.2. The van der Waals surface area contributed by atoms with Crippen LogP contribution in [0.1, 0.15) is 25.8 Å². The van der Waals surface area contributed by atoms with Crippen molar-refractivity contribution in [1.82, 2.24) is 14.7 Å². The van der Waals surface area contributed by atoms with Crippen molar-refractivity contribution >= 4 is 41.5 Å². The van der Waals surface area contributed by atoms with E-state index in [1.165, 1.54) is 63.7 Å². The molecule has 0 radical (unpaired) electrons. The fraction of sp³-hybridized carbons (Fsp3) is 0.462. The molecule has 1 aromatic rings. The van der Waals surface area contributed by atoms with E-state index in [1.54, 1.807) is 14.1 Å². The highest BCUT2D eigenvalue weighted by Gasteiger charge is 2.60. The van der Waals surface area contributed by atoms with Gasteiger partial charge >= 0.3 is 5.97 Å². The van der Waals surface area contributed by atoms with Gasteiger partial charge in [-0.25, -0.2) is 4.79 Å². The van der Waals surface area contributed by atoms with Gasteiger partial charge in [0, 0.05) is 42.8 Å². The molecular weight excluding hydrogens is 514 g/mol. The molecule has 0 aromatic heterocycles. The number of nitrogens with zero attached hydrogens (tertiary/aromatic N) is 3. The second kappa shape index (κ2) is 10.3. The first-order chi connectivity index (χ1) is 17.8. The summed E-state index contributed by atoms with van der Waals surface area (Å²) in [5.74, 6) is -3.95. The number of hydrogen-bond acceptors (Lipinski definition) is 8. The Labute approximate surface area is 224 Å². The highest BCUT2D eigenvalue weighted by Crippen LogP contribution is 2.52. The topological polar surface area (TPSA) is 159 Å². The Kier molecular flexibility index (Phi) is 7.48. The first-order valence-corrected chi connectivity index (χ1v) is 13.1. The van der Waals surface area contributed by atoms with Crippen LogP contribution in [0.3, 0.4) is 0 Å². The van der Waals surface area contributed by atoms with E-state index in [1.807, 2.05) is 6.92 Å². The van der Waals surface area contributed by atoms with Crippen LogP contribution in [0.4, 0.5) is 0 Å². The van der Waals surface area contributed by atoms with Gasteiger partial charge in [0.15, 0.2) is 11.5 Å². The average molecular weight is 546 g/mol. The summed E-state index contributed by atoms with van der Waals surface area (Å²) < 4.78 is 0. The number of aliphatic hydroxyl groups excluding tert-OH is 1. The number of aliphatic hydroxyl groups is 1. The van der Waals surface area contributed by atoms with Crippen molar-refractivity contribution in [2.45, 2.75) is 43.7 Å². The molecule has 0 saturated carbocycles. The van der Waals surface area contributed by atoms with Gasteiger partial charge in [0.05, 0.1) is 18.1 Å². The monoisotopic (exact) mass is 545 g/mol. The lowest BCUT2D eigenvalue weighted by Crippen LogP contribution is -2.63. The maximum absolute atomic E-state index is 13.2. The van der Waals surface area contributed by atoms with Crippen LogP contribution in [-0.2, 0) is 19.2 Å². The van der Waals surface area contributed by atoms with E-state index in [4.69, 9.17) is 0 Å². The average Bonchev–Trinajstić information content (AvgIpc) is 3.36. The zero-order chi connectivity index (χ0) is 28.0. The molecule has 0 spiro atoms. The molecule has 4 rings (SSSR count). The number of likely N-dealkylation sites (N-methyl/N-ethyl adjacent to an activating group) is 1. The Bertz CT molecular complexity index is 1240. The second-order valence-electron chi connectivity index (χ2n) is 10.1. The number of fused-ring (bicyclic) bond motifs is 1. The number of amides is 3. The SMILES string of the molecule is CC(O)[C@H]1C(=O)N2C(C(=O)O)=C(S[C@H]3C[C@@H](C(=O)N(C)C)N(C(=O)C=Cc4ccc(O)c(O)c4)C3)[C@H](C)[C@H]12. The number of carbonyl (C=O) groups is 4. The lowest BCUT2D eigenvalue weighted by molar-refractivity contribution is -0.163. The fourth-order valence-electron chi connectivity index (χ4n) is 5.42. The number of rotatable bonds is 7. The Morgan fingerprint density at radius 2 is 1.87 bits per heavy atom. The number of carboxylic acids is 1. The normalized spacial score (nSPS) is 27.5. The van der Waals surface area contributed by atoms with E-state index in [9.17, 15) is 39.6 Å². The molecule has 3 aliphatic heterocycles. The molecule has 0 aliphatic carbocycles. The van der Waals surface area contributed by atoms with E-state index < -0.39 is 41.9 Å². The maximum atomic E-state index is 13.2. The smallest absolute Gasteiger partial charge is 0.353 e. The molecule has 3 amide bonds. The molecule has 4 N–H and O–H groups in total. The largest absolute Gasteiger partial charge is 0.504 e. The summed E-state index contributed by atoms with van der Waals surface area (Å²) in [6.45, 7) is 3.53. The Morgan fingerprint density at radius 1 is 1.18 bits per heavy atom. The van der Waals surface area contributed by atoms with Gasteiger partial charge in [0.2, 0.25) is 17.7 Å². The number of carbonyl (C=O) groups excluding carboxylic acids is 3. The summed E-state index contributed by atoms with van der Waals surface area (Å²) in [6, 6.07) is 2.92. The van der Waals surface area contributed by atoms with Crippen molar-refractivity contribution in [2.24, 2.45) is 11.8 Å². The predicted octanol–water partition coefficient (Wildman–Crippen LogP) is 1.06. The van der Waals surface area contributed by atoms with Crippen LogP contribution >= 0.6 is 11.8 Å². The van der Waals surface area contributed by atoms with Gasteiger partial charge in [0.1, 0.15) is 11.7 Å². The van der Waals surface area contributed by atoms with Gasteiger partial charge < -0.3 is 35.1 Å². The molecule has 3 aliphatic rings. The quantitative estimate of drug-likeness (QED) is 0.223. The maximum Gasteiger partial charge on any atom is 0.353 e. The first-order valence-electron chi connectivity index (χ1n) is 12.2. The molecule has 2 fully saturated rings. The summed E-state index contributed by atoms with van der Waals surface area (Å²) in [7, 11) is 3.19. The number of phenols is 2. The van der Waals surface area contributed by atoms with E-state index in [0.717, 1.165) is 0 Å². The predicted molar refractivity (Wildman–Crippen MR) is 139 cm³/mol. The number of aliphatic carboxylic acids is 1. The van der Waals surface area contributed by atoms with E-state index in [0.29, 0.717) is 16.9 Å². The van der Waals surface area contributed by atoms with Gasteiger partial charge in [-0.05, 0) is 37.1 Å². The van der Waals surface area contributed by atoms with Crippen molar-refractivity contribution in [3.63, 3.8) is 0 Å². The Morgan fingerprint density at radius 3 is 2.45 bits per heavy atom. The molecule has 12 heteroatoms. The minimum atomic E-state index is -1.23. The lowest BCUT2D eigenvalue weighted by atomic mass is 9.79. The van der Waals surface area contributed by atoms with Crippen LogP contribution in [0, 0.1) is 11.8 Å². The van der Waals surface area contributed by atoms with Gasteiger partial charge in [-0.15, -0.1) is 11.8 Å². The standard InChI is InChI=1S/C26H31N3O8S/c1-12-21-20(13(2)30)25(35)29(21)22(26(36)37)23(12)38-15-10-16(24(34)27(3)4)28(11-15)19(33)8-6-14-5-7-17(31)18(32)9-14/h5-9,12-13,15-16,20-21,30-32H,10-11H2,1-4H3,(H,36,37)/t12-,13?,15+,16+,20-,21-/m1/s1. The number of phenolic OH excluding ortho intramolecular Hbond substituents is 2. The third-order valence-electron chi connectivity index (χ3n) is 7.29. The van der Waals surface area contributed by atoms with Crippen LogP contribution in [-0.4, -0.2) is 103 Å². The van der Waals surface area contributed by atoms with Crippen molar-refractivity contribution in [2.75, 3.05) is 20.6 Å². The van der Waals surface area contributed by atoms with Gasteiger partial charge in [0.25, 0.3) is 0 Å². The minimum absolute atomic E-state index is 0.0957. The van der Waals surface area contributed by atoms with E-state index >= 15 is 0 Å². The third-order valence-corrected chi connectivity index (χ3v) is 8.79. The van der Waals surface area contributed by atoms with Crippen LogP contribution < -0.4 is 0 Å². The number of aromatic hydroxyl groups is 2. The molecule has 1 unspecified atom stereocenters. The molecule has 3 heterocycles.